The number of anilines is 2. The van der Waals surface area contributed by atoms with Crippen LogP contribution >= 0.6 is 11.8 Å². The average molecular weight is 498 g/mol. The SMILES string of the molecule is COc1ccccc1NC(=O)c1ccc(NC(=O)C(C)Sc2n[nH]c(=O)n2CC2CCCO2)cc1. The standard InChI is InChI=1S/C24H27N5O5S/c1-15(35-24-28-27-23(32)29(24)14-18-6-5-13-34-18)21(30)25-17-11-9-16(10-12-17)22(31)26-19-7-3-4-8-20(19)33-2/h3-4,7-12,15,18H,5-6,13-14H2,1-2H3,(H,25,30)(H,26,31)(H,27,32). The van der Waals surface area contributed by atoms with Crippen LogP contribution in [0, 0.1) is 0 Å². The number of nitrogens with zero attached hydrogens (tertiary/aromatic N) is 2. The van der Waals surface area contributed by atoms with Gasteiger partial charge in [0.2, 0.25) is 5.91 Å². The van der Waals surface area contributed by atoms with Crippen LogP contribution in [0.4, 0.5) is 11.4 Å². The van der Waals surface area contributed by atoms with Gasteiger partial charge in [-0.15, -0.1) is 5.10 Å². The number of carbonyl (C=O) groups is 2. The normalized spacial score (nSPS) is 16.0. The molecule has 2 atom stereocenters. The maximum atomic E-state index is 12.7. The lowest BCUT2D eigenvalue weighted by molar-refractivity contribution is -0.115. The highest BCUT2D eigenvalue weighted by molar-refractivity contribution is 8.00. The highest BCUT2D eigenvalue weighted by atomic mass is 32.2. The molecule has 4 rings (SSSR count). The molecule has 1 aliphatic heterocycles. The van der Waals surface area contributed by atoms with Gasteiger partial charge in [-0.1, -0.05) is 23.9 Å². The molecule has 0 aliphatic carbocycles. The Bertz CT molecular complexity index is 1230. The molecule has 1 fully saturated rings. The zero-order valence-corrected chi connectivity index (χ0v) is 20.3. The molecule has 0 radical (unpaired) electrons. The molecule has 0 spiro atoms. The van der Waals surface area contributed by atoms with Gasteiger partial charge in [-0.3, -0.25) is 14.2 Å². The first-order chi connectivity index (χ1) is 16.9. The number of ether oxygens (including phenoxy) is 2. The molecule has 2 unspecified atom stereocenters. The Hall–Kier alpha value is -3.57. The Kier molecular flexibility index (Phi) is 7.88. The number of methoxy groups -OCH3 is 1. The van der Waals surface area contributed by atoms with E-state index in [1.54, 1.807) is 49.4 Å². The molecule has 2 aromatic carbocycles. The molecule has 1 aromatic heterocycles. The number of hydrogen-bond donors (Lipinski definition) is 3. The molecule has 0 bridgehead atoms. The van der Waals surface area contributed by atoms with Crippen molar-refractivity contribution in [2.75, 3.05) is 24.4 Å². The highest BCUT2D eigenvalue weighted by Gasteiger charge is 2.23. The molecule has 10 nitrogen and oxygen atoms in total. The number of hydrogen-bond acceptors (Lipinski definition) is 7. The van der Waals surface area contributed by atoms with Crippen molar-refractivity contribution < 1.29 is 19.1 Å². The van der Waals surface area contributed by atoms with Gasteiger partial charge in [0.15, 0.2) is 5.16 Å². The van der Waals surface area contributed by atoms with Crippen molar-refractivity contribution in [3.63, 3.8) is 0 Å². The minimum Gasteiger partial charge on any atom is -0.495 e. The molecule has 184 valence electrons. The van der Waals surface area contributed by atoms with E-state index < -0.39 is 5.25 Å². The van der Waals surface area contributed by atoms with Crippen molar-refractivity contribution in [3.05, 3.63) is 64.6 Å². The molecule has 2 amide bonds. The minimum atomic E-state index is -0.512. The molecule has 3 N–H and O–H groups in total. The van der Waals surface area contributed by atoms with Crippen LogP contribution in [0.15, 0.2) is 58.5 Å². The number of nitrogens with one attached hydrogen (secondary N) is 3. The first-order valence-corrected chi connectivity index (χ1v) is 12.1. The van der Waals surface area contributed by atoms with Gasteiger partial charge in [0.25, 0.3) is 5.91 Å². The maximum absolute atomic E-state index is 12.7. The summed E-state index contributed by atoms with van der Waals surface area (Å²) < 4.78 is 12.4. The number of rotatable bonds is 9. The van der Waals surface area contributed by atoms with Gasteiger partial charge in [-0.25, -0.2) is 9.89 Å². The Morgan fingerprint density at radius 1 is 1.23 bits per heavy atom. The average Bonchev–Trinajstić information content (AvgIpc) is 3.50. The first-order valence-electron chi connectivity index (χ1n) is 11.2. The van der Waals surface area contributed by atoms with Gasteiger partial charge in [-0.2, -0.15) is 0 Å². The van der Waals surface area contributed by atoms with E-state index in [1.807, 2.05) is 6.07 Å². The number of H-pyrrole nitrogens is 1. The Balaban J connectivity index is 1.34. The third-order valence-corrected chi connectivity index (χ3v) is 6.64. The number of para-hydroxylation sites is 2. The van der Waals surface area contributed by atoms with Gasteiger partial charge in [0.05, 0.1) is 30.7 Å². The summed E-state index contributed by atoms with van der Waals surface area (Å²) in [5.41, 5.74) is 1.23. The topological polar surface area (TPSA) is 127 Å². The number of carbonyl (C=O) groups excluding carboxylic acids is 2. The van der Waals surface area contributed by atoms with Gasteiger partial charge in [0.1, 0.15) is 5.75 Å². The van der Waals surface area contributed by atoms with Crippen LogP contribution < -0.4 is 21.1 Å². The number of benzene rings is 2. The Morgan fingerprint density at radius 2 is 2.00 bits per heavy atom. The fourth-order valence-electron chi connectivity index (χ4n) is 3.65. The summed E-state index contributed by atoms with van der Waals surface area (Å²) in [4.78, 5) is 37.5. The molecule has 1 aliphatic rings. The van der Waals surface area contributed by atoms with Crippen molar-refractivity contribution in [1.29, 1.82) is 0 Å². The monoisotopic (exact) mass is 497 g/mol. The second-order valence-corrected chi connectivity index (χ2v) is 9.35. The second-order valence-electron chi connectivity index (χ2n) is 8.04. The van der Waals surface area contributed by atoms with Crippen LogP contribution in [0.5, 0.6) is 5.75 Å². The smallest absolute Gasteiger partial charge is 0.344 e. The largest absolute Gasteiger partial charge is 0.495 e. The lowest BCUT2D eigenvalue weighted by atomic mass is 10.2. The maximum Gasteiger partial charge on any atom is 0.344 e. The van der Waals surface area contributed by atoms with Crippen molar-refractivity contribution in [3.8, 4) is 5.75 Å². The van der Waals surface area contributed by atoms with Crippen LogP contribution in [0.25, 0.3) is 0 Å². The van der Waals surface area contributed by atoms with E-state index in [0.29, 0.717) is 41.0 Å². The molecule has 11 heteroatoms. The van der Waals surface area contributed by atoms with E-state index in [-0.39, 0.29) is 23.6 Å². The Labute approximate surface area is 206 Å². The molecule has 2 heterocycles. The van der Waals surface area contributed by atoms with Gasteiger partial charge in [0, 0.05) is 17.9 Å². The third-order valence-electron chi connectivity index (χ3n) is 5.55. The lowest BCUT2D eigenvalue weighted by Gasteiger charge is -2.14. The zero-order valence-electron chi connectivity index (χ0n) is 19.4. The molecule has 3 aromatic rings. The molecular formula is C24H27N5O5S. The minimum absolute atomic E-state index is 0.0209. The fraction of sp³-hybridized carbons (Fsp3) is 0.333. The van der Waals surface area contributed by atoms with E-state index in [2.05, 4.69) is 20.8 Å². The molecule has 1 saturated heterocycles. The summed E-state index contributed by atoms with van der Waals surface area (Å²) in [5.74, 6) is 0.0220. The summed E-state index contributed by atoms with van der Waals surface area (Å²) in [6.07, 6.45) is 1.84. The second kappa shape index (κ2) is 11.2. The summed E-state index contributed by atoms with van der Waals surface area (Å²) in [7, 11) is 1.54. The van der Waals surface area contributed by atoms with Crippen molar-refractivity contribution in [2.45, 2.75) is 42.8 Å². The third kappa shape index (κ3) is 6.11. The summed E-state index contributed by atoms with van der Waals surface area (Å²) in [5, 5.41) is 12.1. The van der Waals surface area contributed by atoms with Crippen molar-refractivity contribution >= 4 is 35.0 Å². The van der Waals surface area contributed by atoms with E-state index in [4.69, 9.17) is 9.47 Å². The number of amides is 2. The molecule has 0 saturated carbocycles. The van der Waals surface area contributed by atoms with Gasteiger partial charge in [-0.05, 0) is 56.2 Å². The van der Waals surface area contributed by atoms with Crippen LogP contribution in [-0.2, 0) is 16.1 Å². The van der Waals surface area contributed by atoms with E-state index in [1.165, 1.54) is 23.4 Å². The van der Waals surface area contributed by atoms with Gasteiger partial charge >= 0.3 is 5.69 Å². The van der Waals surface area contributed by atoms with Crippen LogP contribution in [0.2, 0.25) is 0 Å². The lowest BCUT2D eigenvalue weighted by Crippen LogP contribution is -2.27. The van der Waals surface area contributed by atoms with E-state index in [0.717, 1.165) is 12.8 Å². The first kappa shape index (κ1) is 24.6. The van der Waals surface area contributed by atoms with Crippen molar-refractivity contribution in [2.24, 2.45) is 0 Å². The summed E-state index contributed by atoms with van der Waals surface area (Å²) >= 11 is 1.19. The van der Waals surface area contributed by atoms with E-state index in [9.17, 15) is 14.4 Å². The Morgan fingerprint density at radius 3 is 2.71 bits per heavy atom. The highest BCUT2D eigenvalue weighted by Crippen LogP contribution is 2.25. The quantitative estimate of drug-likeness (QED) is 0.388. The van der Waals surface area contributed by atoms with Crippen LogP contribution in [-0.4, -0.2) is 51.6 Å². The molecule has 35 heavy (non-hydrogen) atoms. The van der Waals surface area contributed by atoms with Crippen LogP contribution in [0.3, 0.4) is 0 Å². The predicted molar refractivity (Wildman–Crippen MR) is 133 cm³/mol. The number of aromatic amines is 1. The fourth-order valence-corrected chi connectivity index (χ4v) is 4.51. The zero-order chi connectivity index (χ0) is 24.8. The van der Waals surface area contributed by atoms with Crippen molar-refractivity contribution in [1.82, 2.24) is 14.8 Å². The summed E-state index contributed by atoms with van der Waals surface area (Å²) in [6.45, 7) is 2.84. The summed E-state index contributed by atoms with van der Waals surface area (Å²) in [6, 6.07) is 13.7. The predicted octanol–water partition coefficient (Wildman–Crippen LogP) is 3.13. The molecular weight excluding hydrogens is 470 g/mol. The number of thioether (sulfide) groups is 1. The van der Waals surface area contributed by atoms with Gasteiger partial charge < -0.3 is 20.1 Å². The van der Waals surface area contributed by atoms with Crippen LogP contribution in [0.1, 0.15) is 30.1 Å². The number of aromatic nitrogens is 3. The van der Waals surface area contributed by atoms with E-state index >= 15 is 0 Å².